The van der Waals surface area contributed by atoms with Gasteiger partial charge in [0.15, 0.2) is 0 Å². The molecule has 2 atom stereocenters. The molecule has 1 N–H and O–H groups in total. The van der Waals surface area contributed by atoms with E-state index in [1.165, 1.54) is 38.4 Å². The molecule has 2 saturated carbocycles. The van der Waals surface area contributed by atoms with Crippen molar-refractivity contribution in [1.82, 2.24) is 19.4 Å². The number of carbonyl (C=O) groups is 1. The standard InChI is InChI=1S/C27H38N4O3/c1-20(15-21-7-3-2-4-8-21)24(32)31-14-12-27(34,26(17-31)10-5-6-11-26)18-30-13-9-23-22(25(30)33)16-28-19-29-23/h9,13,16,19-21,34H,2-8,10-12,14-15,17-18H2,1H3. The quantitative estimate of drug-likeness (QED) is 0.722. The highest BCUT2D eigenvalue weighted by Crippen LogP contribution is 2.51. The second kappa shape index (κ2) is 9.40. The SMILES string of the molecule is CC(CC1CCCCC1)C(=O)N1CCC(O)(Cn2ccc3ncncc3c2=O)C2(CCCC2)C1. The van der Waals surface area contributed by atoms with E-state index in [1.807, 2.05) is 11.0 Å². The monoisotopic (exact) mass is 466 g/mol. The Labute approximate surface area is 201 Å². The number of aliphatic hydroxyl groups is 1. The average molecular weight is 467 g/mol. The van der Waals surface area contributed by atoms with E-state index in [0.717, 1.165) is 32.1 Å². The Hall–Kier alpha value is -2.28. The Morgan fingerprint density at radius 3 is 2.71 bits per heavy atom. The molecule has 1 saturated heterocycles. The van der Waals surface area contributed by atoms with Crippen LogP contribution in [0.25, 0.3) is 10.9 Å². The number of hydrogen-bond acceptors (Lipinski definition) is 5. The van der Waals surface area contributed by atoms with Crippen LogP contribution in [0.5, 0.6) is 0 Å². The van der Waals surface area contributed by atoms with Crippen molar-refractivity contribution in [3.8, 4) is 0 Å². The van der Waals surface area contributed by atoms with Crippen molar-refractivity contribution in [2.45, 2.75) is 89.7 Å². The molecule has 3 fully saturated rings. The molecule has 34 heavy (non-hydrogen) atoms. The van der Waals surface area contributed by atoms with Gasteiger partial charge in [-0.05, 0) is 37.7 Å². The minimum Gasteiger partial charge on any atom is -0.387 e. The predicted molar refractivity (Wildman–Crippen MR) is 131 cm³/mol. The highest BCUT2D eigenvalue weighted by molar-refractivity contribution is 5.79. The Morgan fingerprint density at radius 1 is 1.18 bits per heavy atom. The van der Waals surface area contributed by atoms with Gasteiger partial charge in [-0.25, -0.2) is 9.97 Å². The summed E-state index contributed by atoms with van der Waals surface area (Å²) in [5, 5.41) is 12.5. The molecule has 1 aliphatic heterocycles. The van der Waals surface area contributed by atoms with Crippen molar-refractivity contribution in [3.05, 3.63) is 35.1 Å². The molecule has 2 aliphatic carbocycles. The van der Waals surface area contributed by atoms with Gasteiger partial charge < -0.3 is 14.6 Å². The van der Waals surface area contributed by atoms with Gasteiger partial charge in [0, 0.05) is 36.8 Å². The Kier molecular flexibility index (Phi) is 6.49. The van der Waals surface area contributed by atoms with Crippen molar-refractivity contribution < 1.29 is 9.90 Å². The molecule has 5 rings (SSSR count). The number of likely N-dealkylation sites (tertiary alicyclic amines) is 1. The van der Waals surface area contributed by atoms with E-state index in [-0.39, 0.29) is 29.3 Å². The molecule has 3 aliphatic rings. The topological polar surface area (TPSA) is 88.3 Å². The molecule has 1 spiro atoms. The van der Waals surface area contributed by atoms with Crippen LogP contribution in [0.15, 0.2) is 29.6 Å². The minimum absolute atomic E-state index is 0.0378. The van der Waals surface area contributed by atoms with Gasteiger partial charge in [0.05, 0.1) is 23.0 Å². The van der Waals surface area contributed by atoms with Gasteiger partial charge in [0.25, 0.3) is 5.56 Å². The van der Waals surface area contributed by atoms with Gasteiger partial charge in [-0.1, -0.05) is 51.9 Å². The number of rotatable bonds is 5. The van der Waals surface area contributed by atoms with Crippen molar-refractivity contribution in [2.24, 2.45) is 17.3 Å². The van der Waals surface area contributed by atoms with Crippen molar-refractivity contribution in [1.29, 1.82) is 0 Å². The van der Waals surface area contributed by atoms with Crippen molar-refractivity contribution in [2.75, 3.05) is 13.1 Å². The lowest BCUT2D eigenvalue weighted by Gasteiger charge is -2.52. The summed E-state index contributed by atoms with van der Waals surface area (Å²) in [6, 6.07) is 1.81. The predicted octanol–water partition coefficient (Wildman–Crippen LogP) is 3.92. The summed E-state index contributed by atoms with van der Waals surface area (Å²) in [5.41, 5.74) is -0.918. The van der Waals surface area contributed by atoms with Crippen LogP contribution in [-0.4, -0.2) is 49.1 Å². The van der Waals surface area contributed by atoms with Crippen LogP contribution in [0.1, 0.15) is 77.6 Å². The van der Waals surface area contributed by atoms with E-state index in [9.17, 15) is 14.7 Å². The fraction of sp³-hybridized carbons (Fsp3) is 0.704. The lowest BCUT2D eigenvalue weighted by molar-refractivity contribution is -0.163. The number of carbonyl (C=O) groups excluding carboxylic acids is 1. The third kappa shape index (κ3) is 4.28. The molecule has 184 valence electrons. The number of amides is 1. The normalized spacial score (nSPS) is 26.2. The zero-order valence-corrected chi connectivity index (χ0v) is 20.4. The van der Waals surface area contributed by atoms with Gasteiger partial charge >= 0.3 is 0 Å². The lowest BCUT2D eigenvalue weighted by Crippen LogP contribution is -2.62. The van der Waals surface area contributed by atoms with E-state index < -0.39 is 5.60 Å². The summed E-state index contributed by atoms with van der Waals surface area (Å²) in [5.74, 6) is 0.966. The number of aromatic nitrogens is 3. The molecule has 3 heterocycles. The van der Waals surface area contributed by atoms with Crippen LogP contribution in [0.3, 0.4) is 0 Å². The zero-order chi connectivity index (χ0) is 23.8. The molecule has 7 nitrogen and oxygen atoms in total. The molecule has 1 amide bonds. The summed E-state index contributed by atoms with van der Waals surface area (Å²) in [7, 11) is 0. The largest absolute Gasteiger partial charge is 0.387 e. The van der Waals surface area contributed by atoms with Gasteiger partial charge in [0.2, 0.25) is 5.91 Å². The summed E-state index contributed by atoms with van der Waals surface area (Å²) in [4.78, 5) is 36.8. The lowest BCUT2D eigenvalue weighted by atomic mass is 9.65. The Balaban J connectivity index is 1.34. The zero-order valence-electron chi connectivity index (χ0n) is 20.4. The number of hydrogen-bond donors (Lipinski definition) is 1. The second-order valence-electron chi connectivity index (χ2n) is 11.2. The first-order valence-corrected chi connectivity index (χ1v) is 13.2. The van der Waals surface area contributed by atoms with Gasteiger partial charge in [-0.2, -0.15) is 0 Å². The molecule has 0 radical (unpaired) electrons. The second-order valence-corrected chi connectivity index (χ2v) is 11.2. The van der Waals surface area contributed by atoms with E-state index in [1.54, 1.807) is 17.0 Å². The van der Waals surface area contributed by atoms with Crippen LogP contribution in [0.2, 0.25) is 0 Å². The number of pyridine rings is 1. The number of nitrogens with zero attached hydrogens (tertiary/aromatic N) is 4. The third-order valence-electron chi connectivity index (χ3n) is 9.06. The van der Waals surface area contributed by atoms with E-state index in [0.29, 0.717) is 36.3 Å². The van der Waals surface area contributed by atoms with Crippen LogP contribution in [-0.2, 0) is 11.3 Å². The summed E-state index contributed by atoms with van der Waals surface area (Å²) in [6.07, 6.45) is 16.6. The van der Waals surface area contributed by atoms with Crippen LogP contribution in [0.4, 0.5) is 0 Å². The van der Waals surface area contributed by atoms with Gasteiger partial charge in [-0.15, -0.1) is 0 Å². The minimum atomic E-state index is -1.01. The first kappa shape index (κ1) is 23.5. The summed E-state index contributed by atoms with van der Waals surface area (Å²) >= 11 is 0. The molecule has 7 heteroatoms. The number of piperidine rings is 1. The number of fused-ring (bicyclic) bond motifs is 1. The van der Waals surface area contributed by atoms with E-state index in [2.05, 4.69) is 16.9 Å². The Morgan fingerprint density at radius 2 is 1.94 bits per heavy atom. The maximum absolute atomic E-state index is 13.5. The summed E-state index contributed by atoms with van der Waals surface area (Å²) in [6.45, 7) is 3.49. The smallest absolute Gasteiger partial charge is 0.261 e. The van der Waals surface area contributed by atoms with Gasteiger partial charge in [-0.3, -0.25) is 9.59 Å². The maximum atomic E-state index is 13.5. The van der Waals surface area contributed by atoms with Crippen LogP contribution >= 0.6 is 0 Å². The first-order valence-electron chi connectivity index (χ1n) is 13.2. The average Bonchev–Trinajstić information content (AvgIpc) is 3.33. The fourth-order valence-electron chi connectivity index (χ4n) is 7.05. The fourth-order valence-corrected chi connectivity index (χ4v) is 7.05. The maximum Gasteiger partial charge on any atom is 0.261 e. The van der Waals surface area contributed by atoms with E-state index in [4.69, 9.17) is 0 Å². The molecule has 0 aromatic carbocycles. The van der Waals surface area contributed by atoms with Crippen molar-refractivity contribution in [3.63, 3.8) is 0 Å². The van der Waals surface area contributed by atoms with E-state index >= 15 is 0 Å². The third-order valence-corrected chi connectivity index (χ3v) is 9.06. The van der Waals surface area contributed by atoms with Crippen molar-refractivity contribution >= 4 is 16.8 Å². The summed E-state index contributed by atoms with van der Waals surface area (Å²) < 4.78 is 1.62. The molecule has 2 aromatic rings. The molecular formula is C27H38N4O3. The van der Waals surface area contributed by atoms with Crippen LogP contribution < -0.4 is 5.56 Å². The Bertz CT molecular complexity index is 1090. The van der Waals surface area contributed by atoms with Crippen LogP contribution in [0, 0.1) is 17.3 Å². The molecule has 0 bridgehead atoms. The highest BCUT2D eigenvalue weighted by Gasteiger charge is 2.55. The molecule has 2 unspecified atom stereocenters. The highest BCUT2D eigenvalue weighted by atomic mass is 16.3. The molecular weight excluding hydrogens is 428 g/mol. The first-order chi connectivity index (χ1) is 16.4. The van der Waals surface area contributed by atoms with Gasteiger partial charge in [0.1, 0.15) is 6.33 Å². The molecule has 2 aromatic heterocycles.